The van der Waals surface area contributed by atoms with Crippen molar-refractivity contribution in [3.05, 3.63) is 48.4 Å². The van der Waals surface area contributed by atoms with E-state index in [0.29, 0.717) is 17.9 Å². The number of hydrogen-bond acceptors (Lipinski definition) is 6. The number of sulfone groups is 1. The summed E-state index contributed by atoms with van der Waals surface area (Å²) in [7, 11) is -3.49. The molecule has 0 bridgehead atoms. The van der Waals surface area contributed by atoms with Crippen molar-refractivity contribution in [2.24, 2.45) is 0 Å². The van der Waals surface area contributed by atoms with Crippen LogP contribution < -0.4 is 4.74 Å². The maximum atomic E-state index is 13.1. The first-order chi connectivity index (χ1) is 13.1. The summed E-state index contributed by atoms with van der Waals surface area (Å²) in [4.78, 5) is 7.48. The Hall–Kier alpha value is -2.95. The molecule has 148 valence electrons. The first-order valence-corrected chi connectivity index (χ1v) is 9.92. The van der Waals surface area contributed by atoms with E-state index in [1.807, 2.05) is 6.92 Å². The molecule has 0 aliphatic heterocycles. The Morgan fingerprint density at radius 2 is 1.79 bits per heavy atom. The molecule has 3 rings (SSSR count). The Morgan fingerprint density at radius 3 is 2.29 bits per heavy atom. The third kappa shape index (κ3) is 4.14. The summed E-state index contributed by atoms with van der Waals surface area (Å²) in [5, 5.41) is 3.52. The molecule has 0 aliphatic rings. The average molecular weight is 412 g/mol. The summed E-state index contributed by atoms with van der Waals surface area (Å²) in [6.45, 7) is 2.26. The van der Waals surface area contributed by atoms with Crippen LogP contribution in [0.2, 0.25) is 0 Å². The van der Waals surface area contributed by atoms with Crippen molar-refractivity contribution < 1.29 is 26.3 Å². The van der Waals surface area contributed by atoms with Crippen LogP contribution >= 0.6 is 0 Å². The van der Waals surface area contributed by atoms with E-state index >= 15 is 0 Å². The Morgan fingerprint density at radius 1 is 1.11 bits per heavy atom. The lowest BCUT2D eigenvalue weighted by Crippen LogP contribution is -2.09. The van der Waals surface area contributed by atoms with Gasteiger partial charge >= 0.3 is 6.18 Å². The largest absolute Gasteiger partial charge is 0.494 e. The van der Waals surface area contributed by atoms with Gasteiger partial charge in [-0.3, -0.25) is 0 Å². The molecule has 2 aromatic heterocycles. The molecular weight excluding hydrogens is 397 g/mol. The molecule has 0 unspecified atom stereocenters. The molecule has 0 fully saturated rings. The van der Waals surface area contributed by atoms with Crippen LogP contribution in [0.3, 0.4) is 0 Å². The Kier molecular flexibility index (Phi) is 5.11. The topological polar surface area (TPSA) is 87.0 Å². The van der Waals surface area contributed by atoms with Crippen LogP contribution in [0.5, 0.6) is 5.75 Å². The molecule has 0 atom stereocenters. The molecule has 0 saturated carbocycles. The lowest BCUT2D eigenvalue weighted by molar-refractivity contribution is -0.144. The van der Waals surface area contributed by atoms with Crippen molar-refractivity contribution in [3.8, 4) is 23.0 Å². The van der Waals surface area contributed by atoms with Crippen molar-refractivity contribution in [2.75, 3.05) is 12.9 Å². The van der Waals surface area contributed by atoms with E-state index in [0.717, 1.165) is 17.1 Å². The van der Waals surface area contributed by atoms with Crippen LogP contribution in [0, 0.1) is 0 Å². The van der Waals surface area contributed by atoms with Crippen molar-refractivity contribution in [1.29, 1.82) is 0 Å². The Balaban J connectivity index is 2.10. The van der Waals surface area contributed by atoms with Crippen LogP contribution in [0.4, 0.5) is 13.2 Å². The molecular formula is C17H15F3N4O3S. The number of pyridine rings is 1. The van der Waals surface area contributed by atoms with Gasteiger partial charge < -0.3 is 4.74 Å². The number of rotatable bonds is 5. The van der Waals surface area contributed by atoms with Crippen molar-refractivity contribution >= 4 is 9.84 Å². The molecule has 3 aromatic rings. The van der Waals surface area contributed by atoms with Gasteiger partial charge in [0.1, 0.15) is 5.75 Å². The smallest absolute Gasteiger partial charge is 0.453 e. The number of nitrogens with zero attached hydrogens (tertiary/aromatic N) is 4. The molecule has 0 amide bonds. The normalized spacial score (nSPS) is 12.2. The summed E-state index contributed by atoms with van der Waals surface area (Å²) in [6, 6.07) is 8.82. The zero-order chi connectivity index (χ0) is 20.5. The van der Waals surface area contributed by atoms with Gasteiger partial charge in [-0.25, -0.2) is 18.4 Å². The second-order valence-corrected chi connectivity index (χ2v) is 7.77. The minimum Gasteiger partial charge on any atom is -0.494 e. The number of ether oxygens (including phenoxy) is 1. The van der Waals surface area contributed by atoms with Gasteiger partial charge in [-0.1, -0.05) is 0 Å². The van der Waals surface area contributed by atoms with Crippen LogP contribution in [0.15, 0.2) is 47.5 Å². The second kappa shape index (κ2) is 7.23. The summed E-state index contributed by atoms with van der Waals surface area (Å²) in [6.07, 6.45) is -2.69. The number of hydrogen-bond donors (Lipinski definition) is 0. The fraction of sp³-hybridized carbons (Fsp3) is 0.235. The third-order valence-electron chi connectivity index (χ3n) is 3.65. The van der Waals surface area contributed by atoms with E-state index in [-0.39, 0.29) is 16.5 Å². The molecule has 0 N–H and O–H groups in total. The van der Waals surface area contributed by atoms with Crippen molar-refractivity contribution in [3.63, 3.8) is 0 Å². The molecule has 28 heavy (non-hydrogen) atoms. The van der Waals surface area contributed by atoms with Gasteiger partial charge in [0.25, 0.3) is 5.82 Å². The zero-order valence-corrected chi connectivity index (χ0v) is 15.6. The third-order valence-corrected chi connectivity index (χ3v) is 4.75. The Bertz CT molecular complexity index is 1080. The first kappa shape index (κ1) is 19.8. The minimum absolute atomic E-state index is 0.000662. The SMILES string of the molecule is CCOc1ccc(-c2nc(C(F)(F)F)nn2-c2ccc(S(C)(=O)=O)cn2)cc1. The van der Waals surface area contributed by atoms with Crippen LogP contribution in [-0.4, -0.2) is 41.0 Å². The maximum absolute atomic E-state index is 13.1. The van der Waals surface area contributed by atoms with Crippen LogP contribution in [0.25, 0.3) is 17.2 Å². The average Bonchev–Trinajstić information content (AvgIpc) is 3.08. The van der Waals surface area contributed by atoms with Crippen LogP contribution in [-0.2, 0) is 16.0 Å². The highest BCUT2D eigenvalue weighted by molar-refractivity contribution is 7.90. The summed E-state index contributed by atoms with van der Waals surface area (Å²) in [5.74, 6) is -0.858. The predicted molar refractivity (Wildman–Crippen MR) is 93.9 cm³/mol. The summed E-state index contributed by atoms with van der Waals surface area (Å²) >= 11 is 0. The number of halogens is 3. The van der Waals surface area contributed by atoms with E-state index in [4.69, 9.17) is 4.74 Å². The number of aromatic nitrogens is 4. The summed E-state index contributed by atoms with van der Waals surface area (Å²) in [5.41, 5.74) is 0.362. The van der Waals surface area contributed by atoms with Crippen LogP contribution in [0.1, 0.15) is 12.7 Å². The van der Waals surface area contributed by atoms with E-state index < -0.39 is 21.8 Å². The quantitative estimate of drug-likeness (QED) is 0.640. The summed E-state index contributed by atoms with van der Waals surface area (Å²) < 4.78 is 68.8. The fourth-order valence-corrected chi connectivity index (χ4v) is 2.92. The fourth-order valence-electron chi connectivity index (χ4n) is 2.36. The van der Waals surface area contributed by atoms with Gasteiger partial charge in [0.2, 0.25) is 0 Å². The molecule has 7 nitrogen and oxygen atoms in total. The monoisotopic (exact) mass is 412 g/mol. The van der Waals surface area contributed by atoms with E-state index in [9.17, 15) is 21.6 Å². The van der Waals surface area contributed by atoms with Gasteiger partial charge in [-0.05, 0) is 43.3 Å². The van der Waals surface area contributed by atoms with E-state index in [2.05, 4.69) is 15.1 Å². The molecule has 2 heterocycles. The molecule has 0 spiro atoms. The molecule has 0 aliphatic carbocycles. The standard InChI is InChI=1S/C17H15F3N4O3S/c1-3-27-12-6-4-11(5-7-12)15-22-16(17(18,19)20)23-24(15)14-9-8-13(10-21-14)28(2,25)26/h4-10H,3H2,1-2H3. The highest BCUT2D eigenvalue weighted by Crippen LogP contribution is 2.30. The maximum Gasteiger partial charge on any atom is 0.453 e. The lowest BCUT2D eigenvalue weighted by Gasteiger charge is -2.07. The predicted octanol–water partition coefficient (Wildman–Crippen LogP) is 3.15. The highest BCUT2D eigenvalue weighted by atomic mass is 32.2. The minimum atomic E-state index is -4.75. The molecule has 1 aromatic carbocycles. The van der Waals surface area contributed by atoms with E-state index in [1.54, 1.807) is 24.3 Å². The van der Waals surface area contributed by atoms with Gasteiger partial charge in [0, 0.05) is 18.0 Å². The first-order valence-electron chi connectivity index (χ1n) is 8.03. The highest BCUT2D eigenvalue weighted by Gasteiger charge is 2.37. The van der Waals surface area contributed by atoms with Gasteiger partial charge in [-0.15, -0.1) is 5.10 Å². The lowest BCUT2D eigenvalue weighted by atomic mass is 10.2. The number of benzene rings is 1. The molecule has 11 heteroatoms. The number of alkyl halides is 3. The van der Waals surface area contributed by atoms with Crippen molar-refractivity contribution in [2.45, 2.75) is 18.0 Å². The van der Waals surface area contributed by atoms with Gasteiger partial charge in [0.05, 0.1) is 11.5 Å². The van der Waals surface area contributed by atoms with Gasteiger partial charge in [0.15, 0.2) is 21.5 Å². The zero-order valence-electron chi connectivity index (χ0n) is 14.8. The second-order valence-electron chi connectivity index (χ2n) is 5.75. The molecule has 0 saturated heterocycles. The Labute approximate surface area is 158 Å². The molecule has 0 radical (unpaired) electrons. The van der Waals surface area contributed by atoms with E-state index in [1.165, 1.54) is 12.1 Å². The van der Waals surface area contributed by atoms with Crippen molar-refractivity contribution in [1.82, 2.24) is 19.7 Å². The van der Waals surface area contributed by atoms with Gasteiger partial charge in [-0.2, -0.15) is 17.9 Å².